The minimum Gasteiger partial charge on any atom is -0.350 e. The SMILES string of the molecule is FC(F)(F)c1ccc(CNc2nc(Nc3cc(Cl)cc(Cl)c3)n[nH]2)cc1. The van der Waals surface area contributed by atoms with Crippen molar-refractivity contribution in [3.63, 3.8) is 0 Å². The first kappa shape index (κ1) is 18.3. The van der Waals surface area contributed by atoms with Gasteiger partial charge in [0.1, 0.15) is 0 Å². The van der Waals surface area contributed by atoms with E-state index in [1.165, 1.54) is 12.1 Å². The summed E-state index contributed by atoms with van der Waals surface area (Å²) in [4.78, 5) is 4.18. The number of nitrogens with zero attached hydrogens (tertiary/aromatic N) is 2. The number of aromatic nitrogens is 3. The van der Waals surface area contributed by atoms with Crippen LogP contribution in [0.1, 0.15) is 11.1 Å². The van der Waals surface area contributed by atoms with Gasteiger partial charge in [-0.3, -0.25) is 0 Å². The zero-order valence-corrected chi connectivity index (χ0v) is 14.5. The summed E-state index contributed by atoms with van der Waals surface area (Å²) in [6.07, 6.45) is -4.35. The molecule has 1 aromatic heterocycles. The Morgan fingerprint density at radius 3 is 2.27 bits per heavy atom. The third-order valence-electron chi connectivity index (χ3n) is 3.35. The Bertz CT molecular complexity index is 873. The molecule has 0 atom stereocenters. The normalized spacial score (nSPS) is 11.4. The van der Waals surface area contributed by atoms with E-state index in [-0.39, 0.29) is 6.54 Å². The second kappa shape index (κ2) is 7.43. The molecule has 0 saturated carbocycles. The highest BCUT2D eigenvalue weighted by Gasteiger charge is 2.29. The van der Waals surface area contributed by atoms with Gasteiger partial charge in [-0.25, -0.2) is 5.10 Å². The highest BCUT2D eigenvalue weighted by atomic mass is 35.5. The maximum absolute atomic E-state index is 12.5. The molecule has 3 aromatic rings. The predicted octanol–water partition coefficient (Wildman–Crippen LogP) is 5.49. The fraction of sp³-hybridized carbons (Fsp3) is 0.125. The third kappa shape index (κ3) is 4.80. The molecule has 0 aliphatic rings. The highest BCUT2D eigenvalue weighted by molar-refractivity contribution is 6.35. The van der Waals surface area contributed by atoms with Crippen molar-refractivity contribution in [2.24, 2.45) is 0 Å². The summed E-state index contributed by atoms with van der Waals surface area (Å²) in [5.41, 5.74) is 0.605. The molecule has 3 rings (SSSR count). The number of halogens is 5. The smallest absolute Gasteiger partial charge is 0.350 e. The number of hydrogen-bond acceptors (Lipinski definition) is 4. The van der Waals surface area contributed by atoms with Gasteiger partial charge in [0, 0.05) is 22.3 Å². The summed E-state index contributed by atoms with van der Waals surface area (Å²) in [5, 5.41) is 13.5. The van der Waals surface area contributed by atoms with Gasteiger partial charge in [0.05, 0.1) is 5.56 Å². The molecule has 0 aliphatic heterocycles. The standard InChI is InChI=1S/C16H12Cl2F3N5/c17-11-5-12(18)7-13(6-11)23-15-24-14(25-26-15)22-8-9-1-3-10(4-2-9)16(19,20)21/h1-7H,8H2,(H3,22,23,24,25,26). The summed E-state index contributed by atoms with van der Waals surface area (Å²) >= 11 is 11.8. The van der Waals surface area contributed by atoms with Crippen molar-refractivity contribution in [3.8, 4) is 0 Å². The lowest BCUT2D eigenvalue weighted by Crippen LogP contribution is -2.06. The Kier molecular flexibility index (Phi) is 5.24. The van der Waals surface area contributed by atoms with E-state index in [0.717, 1.165) is 12.1 Å². The fourth-order valence-electron chi connectivity index (χ4n) is 2.15. The molecule has 1 heterocycles. The molecule has 136 valence electrons. The minimum atomic E-state index is -4.35. The average Bonchev–Trinajstić information content (AvgIpc) is 2.99. The highest BCUT2D eigenvalue weighted by Crippen LogP contribution is 2.29. The number of hydrogen-bond donors (Lipinski definition) is 3. The van der Waals surface area contributed by atoms with Crippen molar-refractivity contribution < 1.29 is 13.2 Å². The van der Waals surface area contributed by atoms with Crippen LogP contribution in [0, 0.1) is 0 Å². The monoisotopic (exact) mass is 401 g/mol. The van der Waals surface area contributed by atoms with Crippen molar-refractivity contribution in [1.82, 2.24) is 15.2 Å². The molecule has 0 aliphatic carbocycles. The van der Waals surface area contributed by atoms with Gasteiger partial charge >= 0.3 is 6.18 Å². The Labute approximate surface area is 156 Å². The van der Waals surface area contributed by atoms with Crippen molar-refractivity contribution in [3.05, 3.63) is 63.6 Å². The van der Waals surface area contributed by atoms with Gasteiger partial charge in [0.15, 0.2) is 0 Å². The molecule has 0 radical (unpaired) electrons. The number of aromatic amines is 1. The number of alkyl halides is 3. The van der Waals surface area contributed by atoms with Crippen LogP contribution in [0.5, 0.6) is 0 Å². The molecule has 0 amide bonds. The zero-order chi connectivity index (χ0) is 18.7. The van der Waals surface area contributed by atoms with Crippen LogP contribution in [0.3, 0.4) is 0 Å². The van der Waals surface area contributed by atoms with E-state index in [2.05, 4.69) is 25.8 Å². The maximum atomic E-state index is 12.5. The molecule has 0 saturated heterocycles. The van der Waals surface area contributed by atoms with Gasteiger partial charge in [-0.15, -0.1) is 5.10 Å². The van der Waals surface area contributed by atoms with Crippen molar-refractivity contribution in [2.45, 2.75) is 12.7 Å². The number of benzene rings is 2. The molecule has 5 nitrogen and oxygen atoms in total. The van der Waals surface area contributed by atoms with Gasteiger partial charge in [-0.05, 0) is 35.9 Å². The molecule has 0 spiro atoms. The van der Waals surface area contributed by atoms with Crippen molar-refractivity contribution >= 4 is 40.8 Å². The Balaban J connectivity index is 1.60. The van der Waals surface area contributed by atoms with Gasteiger partial charge in [0.25, 0.3) is 0 Å². The molecule has 0 bridgehead atoms. The first-order valence-corrected chi connectivity index (χ1v) is 8.11. The van der Waals surface area contributed by atoms with E-state index in [0.29, 0.717) is 33.2 Å². The predicted molar refractivity (Wildman–Crippen MR) is 94.9 cm³/mol. The van der Waals surface area contributed by atoms with Gasteiger partial charge in [0.2, 0.25) is 11.9 Å². The van der Waals surface area contributed by atoms with E-state index in [4.69, 9.17) is 23.2 Å². The third-order valence-corrected chi connectivity index (χ3v) is 3.78. The minimum absolute atomic E-state index is 0.287. The van der Waals surface area contributed by atoms with Crippen LogP contribution in [0.25, 0.3) is 0 Å². The number of nitrogens with one attached hydrogen (secondary N) is 3. The summed E-state index contributed by atoms with van der Waals surface area (Å²) in [6.45, 7) is 0.287. The van der Waals surface area contributed by atoms with E-state index in [1.54, 1.807) is 18.2 Å². The maximum Gasteiger partial charge on any atom is 0.416 e. The van der Waals surface area contributed by atoms with Crippen LogP contribution >= 0.6 is 23.2 Å². The van der Waals surface area contributed by atoms with Crippen LogP contribution in [0.4, 0.5) is 30.8 Å². The first-order chi connectivity index (χ1) is 12.3. The summed E-state index contributed by atoms with van der Waals surface area (Å²) in [7, 11) is 0. The van der Waals surface area contributed by atoms with Crippen LogP contribution in [-0.4, -0.2) is 15.2 Å². The van der Waals surface area contributed by atoms with Gasteiger partial charge in [-0.1, -0.05) is 35.3 Å². The fourth-order valence-corrected chi connectivity index (χ4v) is 2.68. The topological polar surface area (TPSA) is 65.6 Å². The van der Waals surface area contributed by atoms with E-state index >= 15 is 0 Å². The number of anilines is 3. The van der Waals surface area contributed by atoms with Gasteiger partial charge < -0.3 is 10.6 Å². The molecule has 0 unspecified atom stereocenters. The lowest BCUT2D eigenvalue weighted by Gasteiger charge is -2.07. The average molecular weight is 402 g/mol. The molecule has 10 heteroatoms. The summed E-state index contributed by atoms with van der Waals surface area (Å²) in [5.74, 6) is 0.652. The summed E-state index contributed by atoms with van der Waals surface area (Å²) in [6, 6.07) is 9.81. The van der Waals surface area contributed by atoms with Gasteiger partial charge in [-0.2, -0.15) is 18.2 Å². The van der Waals surface area contributed by atoms with Crippen molar-refractivity contribution in [2.75, 3.05) is 10.6 Å². The molecular formula is C16H12Cl2F3N5. The van der Waals surface area contributed by atoms with E-state index in [1.807, 2.05) is 0 Å². The second-order valence-electron chi connectivity index (χ2n) is 5.34. The lowest BCUT2D eigenvalue weighted by atomic mass is 10.1. The Morgan fingerprint density at radius 1 is 1.00 bits per heavy atom. The summed E-state index contributed by atoms with van der Waals surface area (Å²) < 4.78 is 37.6. The van der Waals surface area contributed by atoms with E-state index in [9.17, 15) is 13.2 Å². The Hall–Kier alpha value is -2.45. The van der Waals surface area contributed by atoms with Crippen LogP contribution in [0.15, 0.2) is 42.5 Å². The molecule has 3 N–H and O–H groups in total. The Morgan fingerprint density at radius 2 is 1.65 bits per heavy atom. The molecule has 2 aromatic carbocycles. The van der Waals surface area contributed by atoms with Crippen molar-refractivity contribution in [1.29, 1.82) is 0 Å². The number of H-pyrrole nitrogens is 1. The largest absolute Gasteiger partial charge is 0.416 e. The quantitative estimate of drug-likeness (QED) is 0.529. The second-order valence-corrected chi connectivity index (χ2v) is 6.21. The van der Waals surface area contributed by atoms with Crippen LogP contribution in [-0.2, 0) is 12.7 Å². The molecule has 0 fully saturated rings. The number of rotatable bonds is 5. The lowest BCUT2D eigenvalue weighted by molar-refractivity contribution is -0.137. The first-order valence-electron chi connectivity index (χ1n) is 7.35. The van der Waals surface area contributed by atoms with E-state index < -0.39 is 11.7 Å². The molecular weight excluding hydrogens is 390 g/mol. The zero-order valence-electron chi connectivity index (χ0n) is 13.0. The molecule has 26 heavy (non-hydrogen) atoms. The van der Waals surface area contributed by atoms with Crippen LogP contribution < -0.4 is 10.6 Å². The van der Waals surface area contributed by atoms with Crippen LogP contribution in [0.2, 0.25) is 10.0 Å².